The normalized spacial score (nSPS) is 25.0. The van der Waals surface area contributed by atoms with Crippen molar-refractivity contribution in [2.45, 2.75) is 56.9 Å². The molecular formula is C15H29N3O. The molecule has 2 aliphatic carbocycles. The van der Waals surface area contributed by atoms with E-state index >= 15 is 0 Å². The number of nitrogens with one attached hydrogen (secondary N) is 1. The van der Waals surface area contributed by atoms with E-state index in [1.807, 2.05) is 14.1 Å². The molecule has 4 heteroatoms. The summed E-state index contributed by atoms with van der Waals surface area (Å²) in [5.41, 5.74) is 5.79. The summed E-state index contributed by atoms with van der Waals surface area (Å²) >= 11 is 0. The Labute approximate surface area is 117 Å². The van der Waals surface area contributed by atoms with Crippen LogP contribution in [0.3, 0.4) is 0 Å². The van der Waals surface area contributed by atoms with Crippen LogP contribution < -0.4 is 11.1 Å². The lowest BCUT2D eigenvalue weighted by molar-refractivity contribution is -0.126. The number of hydrogen-bond acceptors (Lipinski definition) is 3. The topological polar surface area (TPSA) is 58.4 Å². The van der Waals surface area contributed by atoms with E-state index in [4.69, 9.17) is 5.73 Å². The van der Waals surface area contributed by atoms with Gasteiger partial charge in [-0.3, -0.25) is 4.79 Å². The molecule has 19 heavy (non-hydrogen) atoms. The van der Waals surface area contributed by atoms with Gasteiger partial charge in [0.15, 0.2) is 0 Å². The molecule has 0 bridgehead atoms. The van der Waals surface area contributed by atoms with Gasteiger partial charge in [0.25, 0.3) is 0 Å². The summed E-state index contributed by atoms with van der Waals surface area (Å²) in [6.45, 7) is 1.78. The minimum absolute atomic E-state index is 0.154. The van der Waals surface area contributed by atoms with Gasteiger partial charge in [0.2, 0.25) is 5.91 Å². The first-order valence-corrected chi connectivity index (χ1v) is 7.68. The molecule has 0 aromatic rings. The Bertz CT molecular complexity index is 311. The van der Waals surface area contributed by atoms with Gasteiger partial charge in [-0.1, -0.05) is 12.8 Å². The zero-order chi connectivity index (χ0) is 13.9. The summed E-state index contributed by atoms with van der Waals surface area (Å²) in [5, 5.41) is 3.46. The third kappa shape index (κ3) is 3.29. The largest absolute Gasteiger partial charge is 0.368 e. The van der Waals surface area contributed by atoms with Crippen molar-refractivity contribution in [3.8, 4) is 0 Å². The molecule has 2 aliphatic rings. The van der Waals surface area contributed by atoms with Crippen molar-refractivity contribution >= 4 is 5.91 Å². The van der Waals surface area contributed by atoms with Crippen LogP contribution >= 0.6 is 0 Å². The second-order valence-corrected chi connectivity index (χ2v) is 6.88. The quantitative estimate of drug-likeness (QED) is 0.793. The summed E-state index contributed by atoms with van der Waals surface area (Å²) in [6.07, 6.45) is 9.66. The second kappa shape index (κ2) is 5.80. The maximum atomic E-state index is 11.9. The highest BCUT2D eigenvalue weighted by molar-refractivity contribution is 5.84. The molecule has 2 saturated carbocycles. The molecule has 0 atom stereocenters. The highest BCUT2D eigenvalue weighted by atomic mass is 16.1. The lowest BCUT2D eigenvalue weighted by Crippen LogP contribution is -2.59. The van der Waals surface area contributed by atoms with E-state index in [1.165, 1.54) is 38.5 Å². The lowest BCUT2D eigenvalue weighted by Gasteiger charge is -2.44. The van der Waals surface area contributed by atoms with Gasteiger partial charge in [-0.2, -0.15) is 0 Å². The molecule has 110 valence electrons. The average molecular weight is 267 g/mol. The molecular weight excluding hydrogens is 238 g/mol. The molecule has 0 saturated heterocycles. The van der Waals surface area contributed by atoms with Crippen molar-refractivity contribution in [3.05, 3.63) is 0 Å². The molecule has 0 unspecified atom stereocenters. The minimum Gasteiger partial charge on any atom is -0.368 e. The van der Waals surface area contributed by atoms with Gasteiger partial charge < -0.3 is 16.0 Å². The van der Waals surface area contributed by atoms with Crippen LogP contribution in [0.25, 0.3) is 0 Å². The van der Waals surface area contributed by atoms with E-state index < -0.39 is 5.54 Å². The fourth-order valence-corrected chi connectivity index (χ4v) is 3.86. The number of hydrogen-bond donors (Lipinski definition) is 2. The van der Waals surface area contributed by atoms with E-state index in [1.54, 1.807) is 0 Å². The van der Waals surface area contributed by atoms with Crippen molar-refractivity contribution in [2.24, 2.45) is 11.1 Å². The number of nitrogens with two attached hydrogens (primary N) is 1. The zero-order valence-electron chi connectivity index (χ0n) is 12.5. The maximum Gasteiger partial charge on any atom is 0.237 e. The number of amides is 1. The molecule has 0 aromatic heterocycles. The number of carbonyl (C=O) groups is 1. The van der Waals surface area contributed by atoms with Crippen molar-refractivity contribution in [2.75, 3.05) is 27.2 Å². The predicted molar refractivity (Wildman–Crippen MR) is 77.9 cm³/mol. The van der Waals surface area contributed by atoms with Crippen LogP contribution in [0.5, 0.6) is 0 Å². The third-order valence-corrected chi connectivity index (χ3v) is 5.32. The van der Waals surface area contributed by atoms with Gasteiger partial charge >= 0.3 is 0 Å². The summed E-state index contributed by atoms with van der Waals surface area (Å²) in [7, 11) is 4.10. The SMILES string of the molecule is CN(C)CCNC1(C(N)=O)CCC2(CCCC2)CC1. The number of nitrogens with zero attached hydrogens (tertiary/aromatic N) is 1. The van der Waals surface area contributed by atoms with E-state index in [0.29, 0.717) is 5.41 Å². The molecule has 0 aliphatic heterocycles. The maximum absolute atomic E-state index is 11.9. The molecule has 2 rings (SSSR count). The van der Waals surface area contributed by atoms with Crippen LogP contribution in [0, 0.1) is 5.41 Å². The molecule has 0 radical (unpaired) electrons. The van der Waals surface area contributed by atoms with Crippen LogP contribution in [0.1, 0.15) is 51.4 Å². The Hall–Kier alpha value is -0.610. The zero-order valence-corrected chi connectivity index (χ0v) is 12.5. The fraction of sp³-hybridized carbons (Fsp3) is 0.933. The molecule has 4 nitrogen and oxygen atoms in total. The Balaban J connectivity index is 1.92. The van der Waals surface area contributed by atoms with Crippen LogP contribution in [-0.4, -0.2) is 43.5 Å². The first-order valence-electron chi connectivity index (χ1n) is 7.68. The van der Waals surface area contributed by atoms with E-state index in [0.717, 1.165) is 25.9 Å². The highest BCUT2D eigenvalue weighted by Gasteiger charge is 2.46. The Morgan fingerprint density at radius 2 is 1.68 bits per heavy atom. The van der Waals surface area contributed by atoms with Crippen LogP contribution in [0.15, 0.2) is 0 Å². The van der Waals surface area contributed by atoms with E-state index in [2.05, 4.69) is 10.2 Å². The first-order chi connectivity index (χ1) is 8.98. The van der Waals surface area contributed by atoms with Crippen molar-refractivity contribution in [1.29, 1.82) is 0 Å². The second-order valence-electron chi connectivity index (χ2n) is 6.88. The van der Waals surface area contributed by atoms with Crippen molar-refractivity contribution in [1.82, 2.24) is 10.2 Å². The number of likely N-dealkylation sites (N-methyl/N-ethyl adjacent to an activating group) is 1. The number of carbonyl (C=O) groups excluding carboxylic acids is 1. The first kappa shape index (κ1) is 14.8. The molecule has 1 spiro atoms. The molecule has 2 fully saturated rings. The fourth-order valence-electron chi connectivity index (χ4n) is 3.86. The summed E-state index contributed by atoms with van der Waals surface area (Å²) in [4.78, 5) is 14.0. The average Bonchev–Trinajstić information content (AvgIpc) is 2.80. The Kier molecular flexibility index (Phi) is 4.51. The Morgan fingerprint density at radius 1 is 1.11 bits per heavy atom. The van der Waals surface area contributed by atoms with Gasteiger partial charge in [0.1, 0.15) is 0 Å². The molecule has 0 aromatic carbocycles. The van der Waals surface area contributed by atoms with Gasteiger partial charge in [-0.05, 0) is 58.0 Å². The predicted octanol–water partition coefficient (Wildman–Crippen LogP) is 1.50. The van der Waals surface area contributed by atoms with Gasteiger partial charge in [-0.15, -0.1) is 0 Å². The smallest absolute Gasteiger partial charge is 0.237 e. The summed E-state index contributed by atoms with van der Waals surface area (Å²) in [5.74, 6) is -0.154. The lowest BCUT2D eigenvalue weighted by atomic mass is 9.66. The van der Waals surface area contributed by atoms with Crippen LogP contribution in [-0.2, 0) is 4.79 Å². The van der Waals surface area contributed by atoms with Gasteiger partial charge in [0.05, 0.1) is 5.54 Å². The van der Waals surface area contributed by atoms with Gasteiger partial charge in [-0.25, -0.2) is 0 Å². The number of primary amides is 1. The van der Waals surface area contributed by atoms with Crippen molar-refractivity contribution in [3.63, 3.8) is 0 Å². The van der Waals surface area contributed by atoms with E-state index in [-0.39, 0.29) is 5.91 Å². The molecule has 0 heterocycles. The summed E-state index contributed by atoms with van der Waals surface area (Å²) in [6, 6.07) is 0. The third-order valence-electron chi connectivity index (χ3n) is 5.32. The van der Waals surface area contributed by atoms with Crippen LogP contribution in [0.2, 0.25) is 0 Å². The molecule has 1 amide bonds. The van der Waals surface area contributed by atoms with Crippen LogP contribution in [0.4, 0.5) is 0 Å². The standard InChI is InChI=1S/C15H29N3O/c1-18(2)12-11-17-15(13(16)19)9-7-14(8-10-15)5-3-4-6-14/h17H,3-12H2,1-2H3,(H2,16,19). The minimum atomic E-state index is -0.441. The van der Waals surface area contributed by atoms with Crippen molar-refractivity contribution < 1.29 is 4.79 Å². The highest BCUT2D eigenvalue weighted by Crippen LogP contribution is 2.51. The Morgan fingerprint density at radius 3 is 2.16 bits per heavy atom. The monoisotopic (exact) mass is 267 g/mol. The van der Waals surface area contributed by atoms with E-state index in [9.17, 15) is 4.79 Å². The molecule has 3 N–H and O–H groups in total. The number of rotatable bonds is 5. The summed E-state index contributed by atoms with van der Waals surface area (Å²) < 4.78 is 0. The van der Waals surface area contributed by atoms with Gasteiger partial charge in [0, 0.05) is 13.1 Å².